The third-order valence-corrected chi connectivity index (χ3v) is 1.99. The Morgan fingerprint density at radius 3 is 3.00 bits per heavy atom. The van der Waals surface area contributed by atoms with Crippen molar-refractivity contribution in [3.8, 4) is 0 Å². The fourth-order valence-electron chi connectivity index (χ4n) is 1.57. The molecule has 3 heteroatoms. The van der Waals surface area contributed by atoms with Crippen molar-refractivity contribution in [2.45, 2.75) is 19.1 Å². The van der Waals surface area contributed by atoms with Crippen LogP contribution in [0.4, 0.5) is 0 Å². The molecule has 1 rings (SSSR count). The minimum Gasteiger partial charge on any atom is -0.394 e. The molecule has 0 aliphatic carbocycles. The maximum absolute atomic E-state index is 8.92. The van der Waals surface area contributed by atoms with Gasteiger partial charge in [0.2, 0.25) is 0 Å². The van der Waals surface area contributed by atoms with Crippen LogP contribution in [0.1, 0.15) is 6.92 Å². The fourth-order valence-corrected chi connectivity index (χ4v) is 1.57. The van der Waals surface area contributed by atoms with Gasteiger partial charge in [0.15, 0.2) is 0 Å². The summed E-state index contributed by atoms with van der Waals surface area (Å²) in [4.78, 5) is 2.24. The van der Waals surface area contributed by atoms with Crippen molar-refractivity contribution in [3.05, 3.63) is 12.7 Å². The van der Waals surface area contributed by atoms with Crippen molar-refractivity contribution < 1.29 is 9.84 Å². The quantitative estimate of drug-likeness (QED) is 0.618. The van der Waals surface area contributed by atoms with Gasteiger partial charge in [-0.2, -0.15) is 0 Å². The normalized spacial score (nSPS) is 31.8. The average molecular weight is 171 g/mol. The highest BCUT2D eigenvalue weighted by atomic mass is 16.5. The molecule has 0 spiro atoms. The molecule has 1 heterocycles. The predicted octanol–water partition coefficient (Wildman–Crippen LogP) is 0.254. The third kappa shape index (κ3) is 2.59. The summed E-state index contributed by atoms with van der Waals surface area (Å²) < 4.78 is 5.49. The lowest BCUT2D eigenvalue weighted by Gasteiger charge is -2.35. The molecule has 1 aliphatic heterocycles. The summed E-state index contributed by atoms with van der Waals surface area (Å²) in [5.74, 6) is 0. The van der Waals surface area contributed by atoms with E-state index in [1.54, 1.807) is 0 Å². The van der Waals surface area contributed by atoms with Gasteiger partial charge in [0.25, 0.3) is 0 Å². The Bertz CT molecular complexity index is 149. The van der Waals surface area contributed by atoms with Crippen molar-refractivity contribution in [1.82, 2.24) is 4.90 Å². The number of hydrogen-bond donors (Lipinski definition) is 1. The Hall–Kier alpha value is -0.380. The minimum absolute atomic E-state index is 0.0197. The first kappa shape index (κ1) is 9.71. The van der Waals surface area contributed by atoms with E-state index in [4.69, 9.17) is 9.84 Å². The van der Waals surface area contributed by atoms with Gasteiger partial charge in [-0.25, -0.2) is 0 Å². The highest BCUT2D eigenvalue weighted by Gasteiger charge is 2.23. The molecule has 0 aromatic rings. The highest BCUT2D eigenvalue weighted by molar-refractivity contribution is 4.80. The Labute approximate surface area is 73.6 Å². The van der Waals surface area contributed by atoms with Crippen LogP contribution in [-0.4, -0.2) is 48.5 Å². The number of ether oxygens (including phenoxy) is 1. The lowest BCUT2D eigenvalue weighted by Crippen LogP contribution is -2.47. The van der Waals surface area contributed by atoms with Crippen LogP contribution in [0.3, 0.4) is 0 Å². The second kappa shape index (κ2) is 4.60. The zero-order valence-electron chi connectivity index (χ0n) is 7.57. The number of nitrogens with zero attached hydrogens (tertiary/aromatic N) is 1. The van der Waals surface area contributed by atoms with E-state index in [1.165, 1.54) is 0 Å². The van der Waals surface area contributed by atoms with E-state index >= 15 is 0 Å². The van der Waals surface area contributed by atoms with Crippen LogP contribution >= 0.6 is 0 Å². The van der Waals surface area contributed by atoms with Crippen molar-refractivity contribution in [1.29, 1.82) is 0 Å². The second-order valence-corrected chi connectivity index (χ2v) is 3.26. The molecule has 1 N–H and O–H groups in total. The topological polar surface area (TPSA) is 32.7 Å². The summed E-state index contributed by atoms with van der Waals surface area (Å²) in [7, 11) is 0. The van der Waals surface area contributed by atoms with E-state index < -0.39 is 0 Å². The molecule has 2 atom stereocenters. The van der Waals surface area contributed by atoms with Gasteiger partial charge in [-0.1, -0.05) is 6.08 Å². The van der Waals surface area contributed by atoms with Gasteiger partial charge >= 0.3 is 0 Å². The molecule has 2 unspecified atom stereocenters. The molecule has 12 heavy (non-hydrogen) atoms. The summed E-state index contributed by atoms with van der Waals surface area (Å²) in [6.07, 6.45) is 2.08. The number of aliphatic hydroxyl groups is 1. The van der Waals surface area contributed by atoms with Gasteiger partial charge in [-0.3, -0.25) is 4.90 Å². The van der Waals surface area contributed by atoms with Crippen LogP contribution in [0.2, 0.25) is 0 Å². The smallest absolute Gasteiger partial charge is 0.0936 e. The summed E-state index contributed by atoms with van der Waals surface area (Å²) in [6.45, 7) is 8.45. The Morgan fingerprint density at radius 2 is 2.42 bits per heavy atom. The Balaban J connectivity index is 2.39. The predicted molar refractivity (Wildman–Crippen MR) is 48.1 cm³/mol. The van der Waals surface area contributed by atoms with Crippen molar-refractivity contribution in [3.63, 3.8) is 0 Å². The fraction of sp³-hybridized carbons (Fsp3) is 0.778. The molecule has 1 fully saturated rings. The van der Waals surface area contributed by atoms with Crippen LogP contribution in [0.5, 0.6) is 0 Å². The SMILES string of the molecule is C=CCN1CC(C)OC(CO)C1. The maximum atomic E-state index is 8.92. The zero-order valence-corrected chi connectivity index (χ0v) is 7.57. The average Bonchev–Trinajstić information content (AvgIpc) is 2.04. The first-order valence-electron chi connectivity index (χ1n) is 4.35. The molecule has 70 valence electrons. The molecular formula is C9H17NO2. The van der Waals surface area contributed by atoms with E-state index in [9.17, 15) is 0 Å². The monoisotopic (exact) mass is 171 g/mol. The number of hydrogen-bond acceptors (Lipinski definition) is 3. The Kier molecular flexibility index (Phi) is 3.72. The largest absolute Gasteiger partial charge is 0.394 e. The van der Waals surface area contributed by atoms with E-state index in [1.807, 2.05) is 13.0 Å². The molecule has 0 bridgehead atoms. The van der Waals surface area contributed by atoms with E-state index in [0.29, 0.717) is 0 Å². The van der Waals surface area contributed by atoms with E-state index in [0.717, 1.165) is 19.6 Å². The number of morpholine rings is 1. The first-order valence-corrected chi connectivity index (χ1v) is 4.35. The van der Waals surface area contributed by atoms with Crippen molar-refractivity contribution in [2.24, 2.45) is 0 Å². The minimum atomic E-state index is -0.0197. The molecule has 0 aromatic heterocycles. The highest BCUT2D eigenvalue weighted by Crippen LogP contribution is 2.09. The molecule has 0 amide bonds. The van der Waals surface area contributed by atoms with Gasteiger partial charge in [0, 0.05) is 19.6 Å². The second-order valence-electron chi connectivity index (χ2n) is 3.26. The van der Waals surface area contributed by atoms with Crippen molar-refractivity contribution in [2.75, 3.05) is 26.2 Å². The van der Waals surface area contributed by atoms with Crippen LogP contribution in [0.15, 0.2) is 12.7 Å². The zero-order chi connectivity index (χ0) is 8.97. The van der Waals surface area contributed by atoms with Gasteiger partial charge in [-0.15, -0.1) is 6.58 Å². The van der Waals surface area contributed by atoms with Gasteiger partial charge in [0.05, 0.1) is 18.8 Å². The standard InChI is InChI=1S/C9H17NO2/c1-3-4-10-5-8(2)12-9(6-10)7-11/h3,8-9,11H,1,4-7H2,2H3. The molecule has 0 saturated carbocycles. The third-order valence-electron chi connectivity index (χ3n) is 1.99. The lowest BCUT2D eigenvalue weighted by atomic mass is 10.2. The molecular weight excluding hydrogens is 154 g/mol. The molecule has 0 aromatic carbocycles. The van der Waals surface area contributed by atoms with Gasteiger partial charge < -0.3 is 9.84 Å². The van der Waals surface area contributed by atoms with E-state index in [2.05, 4.69) is 11.5 Å². The lowest BCUT2D eigenvalue weighted by molar-refractivity contribution is -0.0923. The summed E-state index contributed by atoms with van der Waals surface area (Å²) in [6, 6.07) is 0. The van der Waals surface area contributed by atoms with Crippen LogP contribution in [0.25, 0.3) is 0 Å². The summed E-state index contributed by atoms with van der Waals surface area (Å²) in [5, 5.41) is 8.92. The van der Waals surface area contributed by atoms with Gasteiger partial charge in [0.1, 0.15) is 0 Å². The summed E-state index contributed by atoms with van der Waals surface area (Å²) in [5.41, 5.74) is 0. The first-order chi connectivity index (χ1) is 5.76. The van der Waals surface area contributed by atoms with Crippen LogP contribution < -0.4 is 0 Å². The molecule has 1 saturated heterocycles. The summed E-state index contributed by atoms with van der Waals surface area (Å²) >= 11 is 0. The molecule has 0 radical (unpaired) electrons. The number of aliphatic hydroxyl groups excluding tert-OH is 1. The van der Waals surface area contributed by atoms with Gasteiger partial charge in [-0.05, 0) is 6.92 Å². The van der Waals surface area contributed by atoms with E-state index in [-0.39, 0.29) is 18.8 Å². The number of rotatable bonds is 3. The van der Waals surface area contributed by atoms with Crippen LogP contribution in [0, 0.1) is 0 Å². The Morgan fingerprint density at radius 1 is 1.67 bits per heavy atom. The van der Waals surface area contributed by atoms with Crippen LogP contribution in [-0.2, 0) is 4.74 Å². The van der Waals surface area contributed by atoms with Crippen molar-refractivity contribution >= 4 is 0 Å². The molecule has 1 aliphatic rings. The molecule has 3 nitrogen and oxygen atoms in total. The maximum Gasteiger partial charge on any atom is 0.0936 e.